The van der Waals surface area contributed by atoms with Crippen LogP contribution in [-0.2, 0) is 6.54 Å². The van der Waals surface area contributed by atoms with Gasteiger partial charge in [-0.3, -0.25) is 0 Å². The Morgan fingerprint density at radius 3 is 2.43 bits per heavy atom. The predicted molar refractivity (Wildman–Crippen MR) is 96.6 cm³/mol. The first kappa shape index (κ1) is 17.2. The van der Waals surface area contributed by atoms with E-state index in [-0.39, 0.29) is 0 Å². The Hall–Kier alpha value is -2.16. The molecule has 124 valence electrons. The van der Waals surface area contributed by atoms with Crippen LogP contribution in [0.2, 0.25) is 0 Å². The van der Waals surface area contributed by atoms with Crippen LogP contribution in [0.5, 0.6) is 11.5 Å². The van der Waals surface area contributed by atoms with Gasteiger partial charge in [0.2, 0.25) is 0 Å². The maximum Gasteiger partial charge on any atom is 0.161 e. The Morgan fingerprint density at radius 2 is 1.78 bits per heavy atom. The Kier molecular flexibility index (Phi) is 5.91. The highest BCUT2D eigenvalue weighted by molar-refractivity contribution is 5.53. The predicted octanol–water partition coefficient (Wildman–Crippen LogP) is 4.96. The summed E-state index contributed by atoms with van der Waals surface area (Å²) in [6.07, 6.45) is 0. The van der Waals surface area contributed by atoms with Crippen LogP contribution in [-0.4, -0.2) is 13.7 Å². The zero-order chi connectivity index (χ0) is 16.8. The lowest BCUT2D eigenvalue weighted by molar-refractivity contribution is 0.257. The third-order valence-electron chi connectivity index (χ3n) is 3.67. The van der Waals surface area contributed by atoms with E-state index < -0.39 is 0 Å². The van der Waals surface area contributed by atoms with Crippen LogP contribution in [0.25, 0.3) is 0 Å². The number of benzene rings is 2. The van der Waals surface area contributed by atoms with E-state index in [1.54, 1.807) is 7.11 Å². The highest BCUT2D eigenvalue weighted by Gasteiger charge is 2.07. The molecule has 23 heavy (non-hydrogen) atoms. The lowest BCUT2D eigenvalue weighted by Gasteiger charge is -2.15. The maximum absolute atomic E-state index is 5.79. The molecule has 0 aromatic heterocycles. The van der Waals surface area contributed by atoms with Gasteiger partial charge in [-0.1, -0.05) is 37.6 Å². The number of rotatable bonds is 7. The molecule has 0 atom stereocenters. The van der Waals surface area contributed by atoms with E-state index in [2.05, 4.69) is 57.3 Å². The molecule has 0 aliphatic heterocycles. The molecule has 2 aromatic carbocycles. The zero-order valence-electron chi connectivity index (χ0n) is 14.8. The van der Waals surface area contributed by atoms with Gasteiger partial charge in [-0.05, 0) is 49.1 Å². The van der Waals surface area contributed by atoms with Gasteiger partial charge in [-0.25, -0.2) is 0 Å². The molecule has 3 heteroatoms. The van der Waals surface area contributed by atoms with E-state index in [4.69, 9.17) is 9.47 Å². The summed E-state index contributed by atoms with van der Waals surface area (Å²) in [6, 6.07) is 12.5. The van der Waals surface area contributed by atoms with Crippen LogP contribution >= 0.6 is 0 Å². The largest absolute Gasteiger partial charge is 0.493 e. The van der Waals surface area contributed by atoms with E-state index >= 15 is 0 Å². The van der Waals surface area contributed by atoms with E-state index in [9.17, 15) is 0 Å². The van der Waals surface area contributed by atoms with Crippen molar-refractivity contribution in [3.05, 3.63) is 53.1 Å². The second-order valence-electron chi connectivity index (χ2n) is 6.36. The van der Waals surface area contributed by atoms with Crippen LogP contribution in [0.1, 0.15) is 30.5 Å². The molecule has 0 radical (unpaired) electrons. The molecule has 0 fully saturated rings. The number of hydrogen-bond donors (Lipinski definition) is 1. The molecule has 0 spiro atoms. The van der Waals surface area contributed by atoms with Crippen molar-refractivity contribution in [3.8, 4) is 11.5 Å². The van der Waals surface area contributed by atoms with Crippen LogP contribution in [0.3, 0.4) is 0 Å². The number of nitrogens with one attached hydrogen (secondary N) is 1. The fourth-order valence-corrected chi connectivity index (χ4v) is 2.41. The van der Waals surface area contributed by atoms with Crippen LogP contribution in [0, 0.1) is 19.8 Å². The van der Waals surface area contributed by atoms with Crippen molar-refractivity contribution >= 4 is 5.69 Å². The lowest BCUT2D eigenvalue weighted by atomic mass is 10.1. The number of methoxy groups -OCH3 is 1. The fraction of sp³-hybridized carbons (Fsp3) is 0.400. The third kappa shape index (κ3) is 4.92. The van der Waals surface area contributed by atoms with Crippen LogP contribution in [0.4, 0.5) is 5.69 Å². The molecule has 1 N–H and O–H groups in total. The Bertz CT molecular complexity index is 650. The highest BCUT2D eigenvalue weighted by atomic mass is 16.5. The fourth-order valence-electron chi connectivity index (χ4n) is 2.41. The van der Waals surface area contributed by atoms with Crippen LogP contribution in [0.15, 0.2) is 36.4 Å². The highest BCUT2D eigenvalue weighted by Crippen LogP contribution is 2.29. The second-order valence-corrected chi connectivity index (χ2v) is 6.36. The quantitative estimate of drug-likeness (QED) is 0.783. The van der Waals surface area contributed by atoms with Gasteiger partial charge in [-0.15, -0.1) is 0 Å². The van der Waals surface area contributed by atoms with E-state index in [1.807, 2.05) is 12.1 Å². The van der Waals surface area contributed by atoms with Gasteiger partial charge >= 0.3 is 0 Å². The summed E-state index contributed by atoms with van der Waals surface area (Å²) in [5.74, 6) is 2.08. The summed E-state index contributed by atoms with van der Waals surface area (Å²) in [5.41, 5.74) is 4.86. The monoisotopic (exact) mass is 313 g/mol. The summed E-state index contributed by atoms with van der Waals surface area (Å²) in [6.45, 7) is 9.95. The van der Waals surface area contributed by atoms with Crippen molar-refractivity contribution in [2.45, 2.75) is 34.2 Å². The molecule has 0 bridgehead atoms. The summed E-state index contributed by atoms with van der Waals surface area (Å²) in [7, 11) is 1.68. The minimum atomic E-state index is 0.491. The Labute approximate surface area is 139 Å². The zero-order valence-corrected chi connectivity index (χ0v) is 14.8. The molecular formula is C20H27NO2. The summed E-state index contributed by atoms with van der Waals surface area (Å²) < 4.78 is 11.3. The number of hydrogen-bond acceptors (Lipinski definition) is 3. The maximum atomic E-state index is 5.79. The van der Waals surface area contributed by atoms with Gasteiger partial charge < -0.3 is 14.8 Å². The van der Waals surface area contributed by atoms with E-state index in [0.717, 1.165) is 23.7 Å². The second kappa shape index (κ2) is 7.91. The molecule has 0 saturated carbocycles. The van der Waals surface area contributed by atoms with Crippen molar-refractivity contribution in [3.63, 3.8) is 0 Å². The van der Waals surface area contributed by atoms with Crippen molar-refractivity contribution < 1.29 is 9.47 Å². The van der Waals surface area contributed by atoms with E-state index in [1.165, 1.54) is 16.7 Å². The average molecular weight is 313 g/mol. The molecule has 2 aromatic rings. The van der Waals surface area contributed by atoms with Gasteiger partial charge in [0.05, 0.1) is 13.7 Å². The summed E-state index contributed by atoms with van der Waals surface area (Å²) in [5, 5.41) is 3.48. The SMILES string of the molecule is COc1cc(CNc2ccc(C)cc2C)ccc1OCC(C)C. The molecule has 0 unspecified atom stereocenters. The lowest BCUT2D eigenvalue weighted by Crippen LogP contribution is -2.06. The van der Waals surface area contributed by atoms with Crippen molar-refractivity contribution in [2.24, 2.45) is 5.92 Å². The van der Waals surface area contributed by atoms with Gasteiger partial charge in [0, 0.05) is 12.2 Å². The number of anilines is 1. The molecule has 0 amide bonds. The summed E-state index contributed by atoms with van der Waals surface area (Å²) in [4.78, 5) is 0. The van der Waals surface area contributed by atoms with Crippen molar-refractivity contribution in [2.75, 3.05) is 19.0 Å². The Balaban J connectivity index is 2.05. The van der Waals surface area contributed by atoms with E-state index in [0.29, 0.717) is 12.5 Å². The first-order chi connectivity index (χ1) is 11.0. The molecule has 0 heterocycles. The molecule has 0 saturated heterocycles. The van der Waals surface area contributed by atoms with Crippen molar-refractivity contribution in [1.82, 2.24) is 0 Å². The minimum Gasteiger partial charge on any atom is -0.493 e. The van der Waals surface area contributed by atoms with Crippen molar-refractivity contribution in [1.29, 1.82) is 0 Å². The van der Waals surface area contributed by atoms with Gasteiger partial charge in [0.25, 0.3) is 0 Å². The molecule has 0 aliphatic rings. The van der Waals surface area contributed by atoms with Gasteiger partial charge in [0.1, 0.15) is 0 Å². The molecule has 3 nitrogen and oxygen atoms in total. The topological polar surface area (TPSA) is 30.5 Å². The molecular weight excluding hydrogens is 286 g/mol. The summed E-state index contributed by atoms with van der Waals surface area (Å²) >= 11 is 0. The average Bonchev–Trinajstić information content (AvgIpc) is 2.52. The number of ether oxygens (including phenoxy) is 2. The molecule has 2 rings (SSSR count). The first-order valence-corrected chi connectivity index (χ1v) is 8.10. The minimum absolute atomic E-state index is 0.491. The molecule has 0 aliphatic carbocycles. The Morgan fingerprint density at radius 1 is 1.00 bits per heavy atom. The normalized spacial score (nSPS) is 10.7. The van der Waals surface area contributed by atoms with Gasteiger partial charge in [0.15, 0.2) is 11.5 Å². The van der Waals surface area contributed by atoms with Gasteiger partial charge in [-0.2, -0.15) is 0 Å². The standard InChI is InChI=1S/C20H27NO2/c1-14(2)13-23-19-9-7-17(11-20(19)22-5)12-21-18-8-6-15(3)10-16(18)4/h6-11,14,21H,12-13H2,1-5H3. The van der Waals surface area contributed by atoms with Crippen LogP contribution < -0.4 is 14.8 Å². The smallest absolute Gasteiger partial charge is 0.161 e. The third-order valence-corrected chi connectivity index (χ3v) is 3.67. The number of aryl methyl sites for hydroxylation is 2. The first-order valence-electron chi connectivity index (χ1n) is 8.10.